The van der Waals surface area contributed by atoms with Crippen molar-refractivity contribution in [3.63, 3.8) is 0 Å². The molecule has 0 saturated carbocycles. The fourth-order valence-corrected chi connectivity index (χ4v) is 7.79. The van der Waals surface area contributed by atoms with Crippen molar-refractivity contribution < 1.29 is 22.7 Å². The van der Waals surface area contributed by atoms with E-state index in [1.165, 1.54) is 11.8 Å². The summed E-state index contributed by atoms with van der Waals surface area (Å²) in [6.45, 7) is 4.94. The Morgan fingerprint density at radius 1 is 1.21 bits per heavy atom. The third-order valence-corrected chi connectivity index (χ3v) is 8.62. The number of carbonyl (C=O) groups excluding carboxylic acids is 1. The monoisotopic (exact) mass is 424 g/mol. The molecule has 0 bridgehead atoms. The zero-order valence-corrected chi connectivity index (χ0v) is 17.6. The van der Waals surface area contributed by atoms with E-state index in [4.69, 9.17) is 9.47 Å². The molecule has 0 radical (unpaired) electrons. The molecule has 0 aromatic heterocycles. The van der Waals surface area contributed by atoms with Gasteiger partial charge in [-0.2, -0.15) is 4.99 Å². The van der Waals surface area contributed by atoms with Crippen molar-refractivity contribution in [2.75, 3.05) is 29.6 Å². The van der Waals surface area contributed by atoms with Crippen LogP contribution >= 0.6 is 11.8 Å². The number of anilines is 1. The summed E-state index contributed by atoms with van der Waals surface area (Å²) in [6.07, 6.45) is 1.48. The minimum Gasteiger partial charge on any atom is -0.486 e. The number of carbonyl (C=O) groups is 1. The van der Waals surface area contributed by atoms with Gasteiger partial charge in [0.05, 0.1) is 17.5 Å². The van der Waals surface area contributed by atoms with Crippen LogP contribution in [0.2, 0.25) is 0 Å². The minimum atomic E-state index is -3.10. The summed E-state index contributed by atoms with van der Waals surface area (Å²) >= 11 is 1.39. The lowest BCUT2D eigenvalue weighted by molar-refractivity contribution is -0.121. The second kappa shape index (κ2) is 7.59. The highest BCUT2D eigenvalue weighted by Crippen LogP contribution is 2.43. The molecule has 28 heavy (non-hydrogen) atoms. The second-order valence-electron chi connectivity index (χ2n) is 7.24. The van der Waals surface area contributed by atoms with Crippen molar-refractivity contribution in [3.05, 3.63) is 18.2 Å². The first-order valence-corrected chi connectivity index (χ1v) is 12.3. The lowest BCUT2D eigenvalue weighted by Crippen LogP contribution is -2.38. The molecule has 7 nitrogen and oxygen atoms in total. The maximum Gasteiger partial charge on any atom is 0.251 e. The van der Waals surface area contributed by atoms with Gasteiger partial charge in [0.2, 0.25) is 0 Å². The van der Waals surface area contributed by atoms with Crippen molar-refractivity contribution in [2.24, 2.45) is 10.9 Å². The van der Waals surface area contributed by atoms with Crippen LogP contribution in [0, 0.1) is 5.92 Å². The van der Waals surface area contributed by atoms with E-state index in [0.29, 0.717) is 29.9 Å². The molecule has 2 atom stereocenters. The van der Waals surface area contributed by atoms with Gasteiger partial charge in [-0.25, -0.2) is 8.42 Å². The van der Waals surface area contributed by atoms with Crippen LogP contribution in [-0.2, 0) is 14.6 Å². The molecule has 0 aliphatic carbocycles. The van der Waals surface area contributed by atoms with E-state index >= 15 is 0 Å². The van der Waals surface area contributed by atoms with Crippen LogP contribution in [0.15, 0.2) is 23.2 Å². The van der Waals surface area contributed by atoms with Gasteiger partial charge in [-0.3, -0.25) is 4.79 Å². The predicted octanol–water partition coefficient (Wildman–Crippen LogP) is 2.50. The van der Waals surface area contributed by atoms with Gasteiger partial charge in [0, 0.05) is 22.9 Å². The van der Waals surface area contributed by atoms with Crippen LogP contribution in [0.1, 0.15) is 26.7 Å². The van der Waals surface area contributed by atoms with Gasteiger partial charge >= 0.3 is 0 Å². The fourth-order valence-electron chi connectivity index (χ4n) is 3.87. The molecular weight excluding hydrogens is 400 g/mol. The number of rotatable bonds is 4. The molecule has 3 aliphatic rings. The number of aliphatic imine (C=N–C) groups is 1. The average molecular weight is 425 g/mol. The number of thioether (sulfide) groups is 1. The highest BCUT2D eigenvalue weighted by atomic mass is 32.2. The highest BCUT2D eigenvalue weighted by molar-refractivity contribution is 8.16. The fraction of sp³-hybridized carbons (Fsp3) is 0.579. The Labute approximate surface area is 169 Å². The summed E-state index contributed by atoms with van der Waals surface area (Å²) < 4.78 is 35.6. The van der Waals surface area contributed by atoms with Crippen molar-refractivity contribution in [1.82, 2.24) is 0 Å². The van der Waals surface area contributed by atoms with Gasteiger partial charge in [-0.15, -0.1) is 0 Å². The van der Waals surface area contributed by atoms with Crippen LogP contribution in [0.25, 0.3) is 0 Å². The van der Waals surface area contributed by atoms with E-state index in [2.05, 4.69) is 4.99 Å². The smallest absolute Gasteiger partial charge is 0.251 e. The molecule has 0 N–H and O–H groups in total. The molecule has 2 fully saturated rings. The van der Waals surface area contributed by atoms with E-state index in [1.807, 2.05) is 36.9 Å². The maximum absolute atomic E-state index is 12.6. The number of amides is 1. The van der Waals surface area contributed by atoms with Gasteiger partial charge < -0.3 is 14.4 Å². The normalized spacial score (nSPS) is 26.7. The third kappa shape index (κ3) is 3.61. The van der Waals surface area contributed by atoms with Crippen molar-refractivity contribution in [2.45, 2.75) is 38.0 Å². The molecule has 9 heteroatoms. The number of ether oxygens (including phenoxy) is 2. The second-order valence-corrected chi connectivity index (χ2v) is 10.6. The summed E-state index contributed by atoms with van der Waals surface area (Å²) in [5.74, 6) is 1.23. The quantitative estimate of drug-likeness (QED) is 0.734. The van der Waals surface area contributed by atoms with Gasteiger partial charge in [-0.1, -0.05) is 25.6 Å². The molecule has 3 heterocycles. The summed E-state index contributed by atoms with van der Waals surface area (Å²) in [5.41, 5.74) is 0.775. The van der Waals surface area contributed by atoms with E-state index in [-0.39, 0.29) is 34.6 Å². The molecule has 152 valence electrons. The largest absolute Gasteiger partial charge is 0.486 e. The Morgan fingerprint density at radius 2 is 1.93 bits per heavy atom. The Bertz CT molecular complexity index is 911. The number of hydrogen-bond donors (Lipinski definition) is 0. The van der Waals surface area contributed by atoms with Crippen molar-refractivity contribution >= 4 is 38.4 Å². The number of nitrogens with zero attached hydrogens (tertiary/aromatic N) is 2. The topological polar surface area (TPSA) is 85.3 Å². The van der Waals surface area contributed by atoms with Crippen molar-refractivity contribution in [3.8, 4) is 11.5 Å². The van der Waals surface area contributed by atoms with E-state index in [0.717, 1.165) is 18.5 Å². The number of hydrogen-bond acceptors (Lipinski definition) is 6. The van der Waals surface area contributed by atoms with E-state index in [9.17, 15) is 13.2 Å². The molecule has 1 aromatic carbocycles. The zero-order chi connectivity index (χ0) is 19.9. The Hall–Kier alpha value is -1.74. The Morgan fingerprint density at radius 3 is 2.64 bits per heavy atom. The predicted molar refractivity (Wildman–Crippen MR) is 110 cm³/mol. The summed E-state index contributed by atoms with van der Waals surface area (Å²) in [5, 5.41) is 0.463. The molecular formula is C19H24N2O5S2. The SMILES string of the molecule is CCC(CC)C(=O)N=C1S[C@H]2CS(=O)(=O)C[C@@H]2N1c1ccc2c(c1)OCCO2. The minimum absolute atomic E-state index is 0.0668. The number of fused-ring (bicyclic) bond motifs is 2. The number of sulfone groups is 1. The molecule has 3 aliphatic heterocycles. The summed E-state index contributed by atoms with van der Waals surface area (Å²) in [4.78, 5) is 18.9. The lowest BCUT2D eigenvalue weighted by atomic mass is 10.0. The third-order valence-electron chi connectivity index (χ3n) is 5.41. The molecule has 0 unspecified atom stereocenters. The Balaban J connectivity index is 1.72. The van der Waals surface area contributed by atoms with Gasteiger partial charge in [0.15, 0.2) is 26.5 Å². The number of benzene rings is 1. The maximum atomic E-state index is 12.6. The average Bonchev–Trinajstić information content (AvgIpc) is 3.13. The van der Waals surface area contributed by atoms with Gasteiger partial charge in [0.1, 0.15) is 13.2 Å². The Kier molecular flexibility index (Phi) is 5.30. The summed E-state index contributed by atoms with van der Waals surface area (Å²) in [6, 6.07) is 5.31. The lowest BCUT2D eigenvalue weighted by Gasteiger charge is -2.27. The number of amidine groups is 1. The highest BCUT2D eigenvalue weighted by Gasteiger charge is 2.49. The van der Waals surface area contributed by atoms with E-state index < -0.39 is 9.84 Å². The van der Waals surface area contributed by atoms with Crippen LogP contribution in [0.5, 0.6) is 11.5 Å². The molecule has 2 saturated heterocycles. The van der Waals surface area contributed by atoms with Crippen molar-refractivity contribution in [1.29, 1.82) is 0 Å². The van der Waals surface area contributed by atoms with Crippen LogP contribution in [0.3, 0.4) is 0 Å². The molecule has 0 spiro atoms. The van der Waals surface area contributed by atoms with Crippen LogP contribution < -0.4 is 14.4 Å². The molecule has 1 aromatic rings. The van der Waals surface area contributed by atoms with Gasteiger partial charge in [0.25, 0.3) is 5.91 Å². The van der Waals surface area contributed by atoms with Crippen LogP contribution in [0.4, 0.5) is 5.69 Å². The first-order chi connectivity index (χ1) is 13.4. The van der Waals surface area contributed by atoms with Gasteiger partial charge in [-0.05, 0) is 25.0 Å². The first-order valence-electron chi connectivity index (χ1n) is 9.60. The zero-order valence-electron chi connectivity index (χ0n) is 16.0. The first kappa shape index (κ1) is 19.6. The summed E-state index contributed by atoms with van der Waals surface area (Å²) in [7, 11) is -3.10. The molecule has 1 amide bonds. The molecule has 4 rings (SSSR count). The van der Waals surface area contributed by atoms with Crippen LogP contribution in [-0.4, -0.2) is 55.5 Å². The standard InChI is InChI=1S/C19H24N2O5S2/c1-3-12(4-2)18(22)20-19-21(14-10-28(23,24)11-17(14)27-19)13-5-6-15-16(9-13)26-8-7-25-15/h5-6,9,12,14,17H,3-4,7-8,10-11H2,1-2H3/t14-,17-/m0/s1. The van der Waals surface area contributed by atoms with E-state index in [1.54, 1.807) is 0 Å².